The van der Waals surface area contributed by atoms with E-state index in [1.165, 1.54) is 18.3 Å². The van der Waals surface area contributed by atoms with Gasteiger partial charge in [-0.2, -0.15) is 5.10 Å². The Kier molecular flexibility index (Phi) is 4.00. The molecule has 8 nitrogen and oxygen atoms in total. The lowest BCUT2D eigenvalue weighted by atomic mass is 10.2. The minimum absolute atomic E-state index is 0.0173. The zero-order chi connectivity index (χ0) is 19.0. The fourth-order valence-corrected chi connectivity index (χ4v) is 3.83. The van der Waals surface area contributed by atoms with Crippen molar-refractivity contribution in [2.75, 3.05) is 4.72 Å². The molecule has 1 aromatic carbocycles. The summed E-state index contributed by atoms with van der Waals surface area (Å²) in [5.74, 6) is 0. The second-order valence-electron chi connectivity index (χ2n) is 5.92. The van der Waals surface area contributed by atoms with Crippen LogP contribution in [0.2, 0.25) is 0 Å². The number of hydrogen-bond donors (Lipinski definition) is 2. The molecule has 0 spiro atoms. The maximum absolute atomic E-state index is 12.7. The fourth-order valence-electron chi connectivity index (χ4n) is 2.82. The summed E-state index contributed by atoms with van der Waals surface area (Å²) in [7, 11) is -2.08. The maximum Gasteiger partial charge on any atom is 0.263 e. The highest BCUT2D eigenvalue weighted by Crippen LogP contribution is 2.25. The molecule has 27 heavy (non-hydrogen) atoms. The second-order valence-corrected chi connectivity index (χ2v) is 7.61. The molecule has 0 saturated carbocycles. The van der Waals surface area contributed by atoms with Gasteiger partial charge in [-0.25, -0.2) is 8.42 Å². The van der Waals surface area contributed by atoms with Crippen LogP contribution in [0.5, 0.6) is 0 Å². The molecule has 0 aliphatic rings. The summed E-state index contributed by atoms with van der Waals surface area (Å²) in [6.45, 7) is 0. The molecule has 0 amide bonds. The lowest BCUT2D eigenvalue weighted by molar-refractivity contribution is 0.601. The average molecular weight is 381 g/mol. The lowest BCUT2D eigenvalue weighted by Crippen LogP contribution is -2.14. The van der Waals surface area contributed by atoms with Gasteiger partial charge >= 0.3 is 0 Å². The Hall–Kier alpha value is -3.46. The first-order chi connectivity index (χ1) is 12.9. The number of sulfonamides is 1. The Labute approximate surface area is 154 Å². The van der Waals surface area contributed by atoms with Crippen molar-refractivity contribution in [2.45, 2.75) is 4.90 Å². The molecular formula is C18H15N5O3S. The molecule has 4 aromatic rings. The molecule has 0 fully saturated rings. The molecule has 3 heterocycles. The summed E-state index contributed by atoms with van der Waals surface area (Å²) >= 11 is 0. The number of nitrogens with one attached hydrogen (secondary N) is 2. The maximum atomic E-state index is 12.7. The molecule has 0 aliphatic heterocycles. The van der Waals surface area contributed by atoms with E-state index in [1.54, 1.807) is 48.3 Å². The first-order valence-corrected chi connectivity index (χ1v) is 9.52. The van der Waals surface area contributed by atoms with E-state index in [9.17, 15) is 13.2 Å². The molecule has 0 unspecified atom stereocenters. The molecule has 0 aliphatic carbocycles. The highest BCUT2D eigenvalue weighted by molar-refractivity contribution is 7.92. The van der Waals surface area contributed by atoms with Gasteiger partial charge in [0.05, 0.1) is 28.8 Å². The number of aryl methyl sites for hydroxylation is 1. The Bertz CT molecular complexity index is 1290. The van der Waals surface area contributed by atoms with Gasteiger partial charge in [0.1, 0.15) is 4.90 Å². The Morgan fingerprint density at radius 1 is 1.04 bits per heavy atom. The third-order valence-corrected chi connectivity index (χ3v) is 5.45. The third-order valence-electron chi connectivity index (χ3n) is 4.10. The summed E-state index contributed by atoms with van der Waals surface area (Å²) < 4.78 is 29.7. The van der Waals surface area contributed by atoms with Crippen molar-refractivity contribution in [1.29, 1.82) is 0 Å². The number of aromatic amines is 1. The van der Waals surface area contributed by atoms with Crippen molar-refractivity contribution in [2.24, 2.45) is 7.05 Å². The summed E-state index contributed by atoms with van der Waals surface area (Å²) in [6, 6.07) is 13.0. The minimum atomic E-state index is -3.83. The van der Waals surface area contributed by atoms with Gasteiger partial charge in [0.2, 0.25) is 5.56 Å². The summed E-state index contributed by atoms with van der Waals surface area (Å²) in [4.78, 5) is 18.2. The molecule has 0 radical (unpaired) electrons. The molecular weight excluding hydrogens is 366 g/mol. The SMILES string of the molecule is Cn1ncc2cccc(NS(=O)(=O)c3ccc(-c4cccc(=O)[nH]4)nc3)c21. The van der Waals surface area contributed by atoms with Gasteiger partial charge in [-0.05, 0) is 24.3 Å². The number of fused-ring (bicyclic) bond motifs is 1. The van der Waals surface area contributed by atoms with Crippen LogP contribution < -0.4 is 10.3 Å². The normalized spacial score (nSPS) is 11.6. The molecule has 3 aromatic heterocycles. The Morgan fingerprint density at radius 2 is 1.85 bits per heavy atom. The topological polar surface area (TPSA) is 110 Å². The van der Waals surface area contributed by atoms with E-state index in [0.717, 1.165) is 5.39 Å². The number of anilines is 1. The van der Waals surface area contributed by atoms with Crippen LogP contribution in [0.4, 0.5) is 5.69 Å². The second kappa shape index (κ2) is 6.36. The molecule has 4 rings (SSSR count). The van der Waals surface area contributed by atoms with E-state index >= 15 is 0 Å². The van der Waals surface area contributed by atoms with E-state index < -0.39 is 10.0 Å². The van der Waals surface area contributed by atoms with Crippen molar-refractivity contribution in [3.63, 3.8) is 0 Å². The third kappa shape index (κ3) is 3.20. The summed E-state index contributed by atoms with van der Waals surface area (Å²) in [6.07, 6.45) is 2.93. The fraction of sp³-hybridized carbons (Fsp3) is 0.0556. The molecule has 0 bridgehead atoms. The first-order valence-electron chi connectivity index (χ1n) is 8.03. The Balaban J connectivity index is 1.68. The van der Waals surface area contributed by atoms with Gasteiger partial charge in [-0.1, -0.05) is 18.2 Å². The van der Waals surface area contributed by atoms with E-state index in [2.05, 4.69) is 19.8 Å². The van der Waals surface area contributed by atoms with Gasteiger partial charge in [0, 0.05) is 24.7 Å². The molecule has 2 N–H and O–H groups in total. The smallest absolute Gasteiger partial charge is 0.263 e. The highest BCUT2D eigenvalue weighted by Gasteiger charge is 2.17. The standard InChI is InChI=1S/C18H15N5O3S/c1-23-18-12(10-20-23)4-2-6-16(18)22-27(25,26)13-8-9-14(19-11-13)15-5-3-7-17(24)21-15/h2-11,22H,1H3,(H,21,24). The van der Waals surface area contributed by atoms with Crippen LogP contribution in [0.15, 0.2) is 70.6 Å². The quantitative estimate of drug-likeness (QED) is 0.563. The van der Waals surface area contributed by atoms with Crippen LogP contribution in [0, 0.1) is 0 Å². The molecule has 9 heteroatoms. The number of hydrogen-bond acceptors (Lipinski definition) is 5. The van der Waals surface area contributed by atoms with Crippen molar-refractivity contribution >= 4 is 26.6 Å². The van der Waals surface area contributed by atoms with Crippen LogP contribution in [0.25, 0.3) is 22.3 Å². The van der Waals surface area contributed by atoms with Gasteiger partial charge in [0.25, 0.3) is 10.0 Å². The monoisotopic (exact) mass is 381 g/mol. The van der Waals surface area contributed by atoms with Crippen LogP contribution in [-0.4, -0.2) is 28.2 Å². The van der Waals surface area contributed by atoms with E-state index in [1.807, 2.05) is 6.07 Å². The van der Waals surface area contributed by atoms with Gasteiger partial charge in [0.15, 0.2) is 0 Å². The van der Waals surface area contributed by atoms with Crippen molar-refractivity contribution < 1.29 is 8.42 Å². The number of para-hydroxylation sites is 1. The number of rotatable bonds is 4. The van der Waals surface area contributed by atoms with E-state index in [0.29, 0.717) is 22.6 Å². The van der Waals surface area contributed by atoms with E-state index in [-0.39, 0.29) is 10.5 Å². The molecule has 0 saturated heterocycles. The predicted octanol–water partition coefficient (Wildman–Crippen LogP) is 2.12. The largest absolute Gasteiger partial charge is 0.321 e. The number of benzene rings is 1. The average Bonchev–Trinajstić information content (AvgIpc) is 3.04. The van der Waals surface area contributed by atoms with Crippen molar-refractivity contribution in [3.8, 4) is 11.4 Å². The Morgan fingerprint density at radius 3 is 2.59 bits per heavy atom. The zero-order valence-corrected chi connectivity index (χ0v) is 15.1. The molecule has 136 valence electrons. The van der Waals surface area contributed by atoms with Crippen LogP contribution in [0.1, 0.15) is 0 Å². The van der Waals surface area contributed by atoms with Gasteiger partial charge in [-0.15, -0.1) is 0 Å². The number of pyridine rings is 2. The summed E-state index contributed by atoms with van der Waals surface area (Å²) in [5.41, 5.74) is 1.85. The van der Waals surface area contributed by atoms with Crippen LogP contribution >= 0.6 is 0 Å². The van der Waals surface area contributed by atoms with Crippen LogP contribution in [-0.2, 0) is 17.1 Å². The predicted molar refractivity (Wildman–Crippen MR) is 102 cm³/mol. The van der Waals surface area contributed by atoms with Crippen molar-refractivity contribution in [3.05, 3.63) is 71.3 Å². The van der Waals surface area contributed by atoms with Crippen LogP contribution in [0.3, 0.4) is 0 Å². The number of aromatic nitrogens is 4. The van der Waals surface area contributed by atoms with Crippen molar-refractivity contribution in [1.82, 2.24) is 19.7 Å². The van der Waals surface area contributed by atoms with Gasteiger partial charge in [-0.3, -0.25) is 19.2 Å². The number of H-pyrrole nitrogens is 1. The minimum Gasteiger partial charge on any atom is -0.321 e. The summed E-state index contributed by atoms with van der Waals surface area (Å²) in [5, 5.41) is 4.98. The zero-order valence-electron chi connectivity index (χ0n) is 14.2. The highest BCUT2D eigenvalue weighted by atomic mass is 32.2. The van der Waals surface area contributed by atoms with E-state index in [4.69, 9.17) is 0 Å². The number of nitrogens with zero attached hydrogens (tertiary/aromatic N) is 3. The lowest BCUT2D eigenvalue weighted by Gasteiger charge is -2.10. The first kappa shape index (κ1) is 17.0. The van der Waals surface area contributed by atoms with Gasteiger partial charge < -0.3 is 4.98 Å². The molecule has 0 atom stereocenters.